The van der Waals surface area contributed by atoms with E-state index >= 15 is 0 Å². The fourth-order valence-electron chi connectivity index (χ4n) is 2.67. The monoisotopic (exact) mass is 433 g/mol. The van der Waals surface area contributed by atoms with Gasteiger partial charge in [0.05, 0.1) is 12.9 Å². The zero-order valence-corrected chi connectivity index (χ0v) is 15.6. The van der Waals surface area contributed by atoms with Crippen LogP contribution in [0.15, 0.2) is 30.1 Å². The first-order chi connectivity index (χ1) is 14.1. The van der Waals surface area contributed by atoms with E-state index < -0.39 is 37.2 Å². The van der Waals surface area contributed by atoms with Crippen molar-refractivity contribution in [1.29, 1.82) is 0 Å². The molecule has 0 spiro atoms. The number of alkyl halides is 3. The first-order valence-corrected chi connectivity index (χ1v) is 8.72. The fraction of sp³-hybridized carbons (Fsp3) is 0.389. The molecule has 1 aliphatic rings. The van der Waals surface area contributed by atoms with Crippen molar-refractivity contribution in [2.45, 2.75) is 12.6 Å². The topological polar surface area (TPSA) is 108 Å². The molecule has 0 saturated heterocycles. The molecule has 1 aromatic carbocycles. The molecule has 0 bridgehead atoms. The SMILES string of the molecule is O=C(O)NC/C(=C\F)COc1ccc2c(c1)CCN(CC(=O)NCC(F)(F)F)C2=O. The van der Waals surface area contributed by atoms with Crippen molar-refractivity contribution in [3.8, 4) is 5.75 Å². The van der Waals surface area contributed by atoms with Gasteiger partial charge in [0.1, 0.15) is 18.9 Å². The highest BCUT2D eigenvalue weighted by atomic mass is 19.4. The smallest absolute Gasteiger partial charge is 0.405 e. The Kier molecular flexibility index (Phi) is 7.61. The second-order valence-corrected chi connectivity index (χ2v) is 6.40. The number of amides is 3. The maximum Gasteiger partial charge on any atom is 0.405 e. The molecule has 8 nitrogen and oxygen atoms in total. The molecule has 1 aliphatic heterocycles. The van der Waals surface area contributed by atoms with E-state index in [0.29, 0.717) is 17.7 Å². The summed E-state index contributed by atoms with van der Waals surface area (Å²) >= 11 is 0. The van der Waals surface area contributed by atoms with Gasteiger partial charge in [0.25, 0.3) is 5.91 Å². The molecule has 0 atom stereocenters. The van der Waals surface area contributed by atoms with E-state index in [0.717, 1.165) is 4.90 Å². The number of ether oxygens (including phenoxy) is 1. The van der Waals surface area contributed by atoms with Crippen LogP contribution in [0.1, 0.15) is 15.9 Å². The van der Waals surface area contributed by atoms with Crippen LogP contribution in [0.4, 0.5) is 22.4 Å². The van der Waals surface area contributed by atoms with Gasteiger partial charge in [-0.2, -0.15) is 13.2 Å². The lowest BCUT2D eigenvalue weighted by Crippen LogP contribution is -2.45. The van der Waals surface area contributed by atoms with E-state index in [2.05, 4.69) is 0 Å². The maximum atomic E-state index is 12.8. The number of carboxylic acid groups (broad SMARTS) is 1. The third-order valence-corrected chi connectivity index (χ3v) is 4.11. The average molecular weight is 433 g/mol. The predicted octanol–water partition coefficient (Wildman–Crippen LogP) is 1.86. The summed E-state index contributed by atoms with van der Waals surface area (Å²) in [5, 5.41) is 12.3. The van der Waals surface area contributed by atoms with Crippen molar-refractivity contribution in [2.75, 3.05) is 32.8 Å². The average Bonchev–Trinajstić information content (AvgIpc) is 2.68. The number of hydrogen-bond acceptors (Lipinski definition) is 4. The standard InChI is InChI=1S/C18H19F4N3O5/c19-6-11(7-23-17(28)29)9-30-13-1-2-14-12(5-13)3-4-25(16(14)27)8-15(26)24-10-18(20,21)22/h1-2,5-6,23H,3-4,7-10H2,(H,24,26)(H,28,29)/b11-6+. The van der Waals surface area contributed by atoms with Crippen LogP contribution in [0, 0.1) is 0 Å². The zero-order valence-electron chi connectivity index (χ0n) is 15.6. The minimum atomic E-state index is -4.54. The van der Waals surface area contributed by atoms with Crippen molar-refractivity contribution in [3.63, 3.8) is 0 Å². The van der Waals surface area contributed by atoms with Gasteiger partial charge in [0, 0.05) is 24.2 Å². The van der Waals surface area contributed by atoms with Crippen LogP contribution in [0.3, 0.4) is 0 Å². The van der Waals surface area contributed by atoms with E-state index in [4.69, 9.17) is 9.84 Å². The molecular formula is C18H19F4N3O5. The minimum Gasteiger partial charge on any atom is -0.489 e. The summed E-state index contributed by atoms with van der Waals surface area (Å²) in [6.45, 7) is -2.29. The maximum absolute atomic E-state index is 12.8. The Morgan fingerprint density at radius 3 is 2.63 bits per heavy atom. The van der Waals surface area contributed by atoms with Crippen molar-refractivity contribution < 1.29 is 41.8 Å². The van der Waals surface area contributed by atoms with Gasteiger partial charge in [0.15, 0.2) is 0 Å². The minimum absolute atomic E-state index is 0.0576. The largest absolute Gasteiger partial charge is 0.489 e. The van der Waals surface area contributed by atoms with Gasteiger partial charge < -0.3 is 25.4 Å². The number of rotatable bonds is 8. The summed E-state index contributed by atoms with van der Waals surface area (Å²) in [5.74, 6) is -1.09. The van der Waals surface area contributed by atoms with Crippen LogP contribution in [-0.2, 0) is 11.2 Å². The summed E-state index contributed by atoms with van der Waals surface area (Å²) in [5.41, 5.74) is 0.951. The quantitative estimate of drug-likeness (QED) is 0.543. The second-order valence-electron chi connectivity index (χ2n) is 6.40. The van der Waals surface area contributed by atoms with Gasteiger partial charge in [-0.15, -0.1) is 0 Å². The summed E-state index contributed by atoms with van der Waals surface area (Å²) in [7, 11) is 0. The molecule has 0 aromatic heterocycles. The summed E-state index contributed by atoms with van der Waals surface area (Å²) < 4.78 is 54.7. The number of carbonyl (C=O) groups is 3. The van der Waals surface area contributed by atoms with Crippen LogP contribution in [0.2, 0.25) is 0 Å². The first kappa shape index (κ1) is 23.0. The number of nitrogens with zero attached hydrogens (tertiary/aromatic N) is 1. The van der Waals surface area contributed by atoms with E-state index in [9.17, 15) is 31.9 Å². The number of fused-ring (bicyclic) bond motifs is 1. The lowest BCUT2D eigenvalue weighted by Gasteiger charge is -2.28. The van der Waals surface area contributed by atoms with Crippen molar-refractivity contribution in [1.82, 2.24) is 15.5 Å². The van der Waals surface area contributed by atoms with Gasteiger partial charge in [-0.05, 0) is 30.2 Å². The molecule has 0 radical (unpaired) electrons. The predicted molar refractivity (Wildman–Crippen MR) is 95.8 cm³/mol. The molecule has 164 valence electrons. The number of carbonyl (C=O) groups excluding carboxylic acids is 2. The highest BCUT2D eigenvalue weighted by molar-refractivity contribution is 5.98. The molecule has 0 aliphatic carbocycles. The van der Waals surface area contributed by atoms with Gasteiger partial charge >= 0.3 is 12.3 Å². The lowest BCUT2D eigenvalue weighted by molar-refractivity contribution is -0.138. The molecule has 0 fully saturated rings. The Morgan fingerprint density at radius 2 is 2.00 bits per heavy atom. The highest BCUT2D eigenvalue weighted by Crippen LogP contribution is 2.24. The summed E-state index contributed by atoms with van der Waals surface area (Å²) in [6.07, 6.45) is -5.26. The van der Waals surface area contributed by atoms with Gasteiger partial charge in [0.2, 0.25) is 5.91 Å². The van der Waals surface area contributed by atoms with Crippen molar-refractivity contribution in [2.24, 2.45) is 0 Å². The van der Waals surface area contributed by atoms with Crippen LogP contribution in [-0.4, -0.2) is 66.9 Å². The summed E-state index contributed by atoms with van der Waals surface area (Å²) in [4.78, 5) is 35.7. The lowest BCUT2D eigenvalue weighted by atomic mass is 9.98. The molecular weight excluding hydrogens is 414 g/mol. The van der Waals surface area contributed by atoms with E-state index in [1.165, 1.54) is 12.1 Å². The van der Waals surface area contributed by atoms with E-state index in [1.54, 1.807) is 11.4 Å². The molecule has 12 heteroatoms. The van der Waals surface area contributed by atoms with Crippen LogP contribution in [0.25, 0.3) is 0 Å². The molecule has 30 heavy (non-hydrogen) atoms. The number of benzene rings is 1. The Bertz CT molecular complexity index is 842. The number of hydrogen-bond donors (Lipinski definition) is 3. The number of nitrogens with one attached hydrogen (secondary N) is 2. The third kappa shape index (κ3) is 6.94. The van der Waals surface area contributed by atoms with Crippen molar-refractivity contribution in [3.05, 3.63) is 41.2 Å². The molecule has 3 N–H and O–H groups in total. The van der Waals surface area contributed by atoms with Crippen molar-refractivity contribution >= 4 is 17.9 Å². The molecule has 1 heterocycles. The fourth-order valence-corrected chi connectivity index (χ4v) is 2.67. The van der Waals surface area contributed by atoms with Gasteiger partial charge in [-0.1, -0.05) is 0 Å². The van der Waals surface area contributed by atoms with Crippen LogP contribution >= 0.6 is 0 Å². The molecule has 1 aromatic rings. The normalized spacial score (nSPS) is 14.2. The Hall–Kier alpha value is -3.31. The Labute approximate surface area is 168 Å². The number of halogens is 4. The molecule has 3 amide bonds. The van der Waals surface area contributed by atoms with Gasteiger partial charge in [-0.3, -0.25) is 9.59 Å². The third-order valence-electron chi connectivity index (χ3n) is 4.11. The molecule has 0 saturated carbocycles. The molecule has 0 unspecified atom stereocenters. The Balaban J connectivity index is 1.94. The van der Waals surface area contributed by atoms with Crippen LogP contribution in [0.5, 0.6) is 5.75 Å². The highest BCUT2D eigenvalue weighted by Gasteiger charge is 2.30. The first-order valence-electron chi connectivity index (χ1n) is 8.72. The Morgan fingerprint density at radius 1 is 1.27 bits per heavy atom. The van der Waals surface area contributed by atoms with E-state index in [1.807, 2.05) is 5.32 Å². The zero-order chi connectivity index (χ0) is 22.3. The summed E-state index contributed by atoms with van der Waals surface area (Å²) in [6, 6.07) is 4.46. The molecule has 2 rings (SSSR count). The van der Waals surface area contributed by atoms with Gasteiger partial charge in [-0.25, -0.2) is 9.18 Å². The second kappa shape index (κ2) is 9.94. The van der Waals surface area contributed by atoms with Crippen LogP contribution < -0.4 is 15.4 Å². The van der Waals surface area contributed by atoms with E-state index in [-0.39, 0.29) is 37.2 Å².